The lowest BCUT2D eigenvalue weighted by molar-refractivity contribution is 0.0916. The number of fused-ring (bicyclic) bond motifs is 1. The number of anilines is 1. The Hall–Kier alpha value is -2.37. The van der Waals surface area contributed by atoms with Gasteiger partial charge in [-0.15, -0.1) is 0 Å². The van der Waals surface area contributed by atoms with E-state index in [4.69, 9.17) is 10.2 Å². The van der Waals surface area contributed by atoms with Crippen LogP contribution < -0.4 is 16.5 Å². The molecule has 1 aromatic carbocycles. The maximum absolute atomic E-state index is 13.3. The molecule has 1 saturated carbocycles. The van der Waals surface area contributed by atoms with Gasteiger partial charge in [-0.2, -0.15) is 0 Å². The summed E-state index contributed by atoms with van der Waals surface area (Å²) in [5, 5.41) is 2.84. The van der Waals surface area contributed by atoms with Crippen LogP contribution in [0, 0.1) is 11.7 Å². The molecule has 0 radical (unpaired) electrons. The summed E-state index contributed by atoms with van der Waals surface area (Å²) >= 11 is 0. The molecule has 3 rings (SSSR count). The van der Waals surface area contributed by atoms with Crippen LogP contribution in [0.4, 0.5) is 10.1 Å². The highest BCUT2D eigenvalue weighted by molar-refractivity contribution is 5.95. The molecule has 1 amide bonds. The number of benzene rings is 1. The second kappa shape index (κ2) is 6.40. The average Bonchev–Trinajstić information content (AvgIpc) is 2.54. The van der Waals surface area contributed by atoms with Gasteiger partial charge in [-0.3, -0.25) is 9.59 Å². The molecule has 1 heterocycles. The van der Waals surface area contributed by atoms with E-state index in [1.165, 1.54) is 19.3 Å². The quantitative estimate of drug-likeness (QED) is 0.852. The molecule has 1 aliphatic carbocycles. The molecule has 0 spiro atoms. The minimum absolute atomic E-state index is 0.000898. The zero-order valence-corrected chi connectivity index (χ0v) is 12.7. The van der Waals surface area contributed by atoms with Crippen LogP contribution in [0.25, 0.3) is 11.0 Å². The van der Waals surface area contributed by atoms with Gasteiger partial charge in [0, 0.05) is 18.7 Å². The minimum Gasteiger partial charge on any atom is -0.448 e. The van der Waals surface area contributed by atoms with Gasteiger partial charge in [0.25, 0.3) is 5.91 Å². The van der Waals surface area contributed by atoms with Gasteiger partial charge in [-0.05, 0) is 24.8 Å². The Kier molecular flexibility index (Phi) is 4.32. The zero-order valence-electron chi connectivity index (χ0n) is 12.7. The van der Waals surface area contributed by atoms with Crippen LogP contribution in [0.2, 0.25) is 0 Å². The number of hydrogen-bond donors (Lipinski definition) is 2. The molecule has 1 aromatic heterocycles. The van der Waals surface area contributed by atoms with E-state index in [-0.39, 0.29) is 22.4 Å². The average molecular weight is 318 g/mol. The van der Waals surface area contributed by atoms with Crippen molar-refractivity contribution in [3.8, 4) is 0 Å². The van der Waals surface area contributed by atoms with E-state index in [1.54, 1.807) is 0 Å². The third-order valence-corrected chi connectivity index (χ3v) is 4.32. The highest BCUT2D eigenvalue weighted by Crippen LogP contribution is 2.23. The highest BCUT2D eigenvalue weighted by Gasteiger charge is 2.18. The molecule has 2 aromatic rings. The lowest BCUT2D eigenvalue weighted by Gasteiger charge is -2.21. The van der Waals surface area contributed by atoms with Crippen molar-refractivity contribution in [1.82, 2.24) is 5.32 Å². The fourth-order valence-electron chi connectivity index (χ4n) is 3.08. The monoisotopic (exact) mass is 318 g/mol. The second-order valence-electron chi connectivity index (χ2n) is 6.06. The van der Waals surface area contributed by atoms with Crippen molar-refractivity contribution in [3.05, 3.63) is 40.0 Å². The van der Waals surface area contributed by atoms with E-state index in [0.717, 1.165) is 31.0 Å². The Bertz CT molecular complexity index is 794. The summed E-state index contributed by atoms with van der Waals surface area (Å²) in [6.45, 7) is 0.569. The molecule has 5 nitrogen and oxygen atoms in total. The number of carbonyl (C=O) groups is 1. The molecule has 122 valence electrons. The van der Waals surface area contributed by atoms with Gasteiger partial charge in [0.05, 0.1) is 11.1 Å². The summed E-state index contributed by atoms with van der Waals surface area (Å²) in [6.07, 6.45) is 5.84. The predicted molar refractivity (Wildman–Crippen MR) is 85.8 cm³/mol. The molecular weight excluding hydrogens is 299 g/mol. The fourth-order valence-corrected chi connectivity index (χ4v) is 3.08. The van der Waals surface area contributed by atoms with Crippen LogP contribution in [0.3, 0.4) is 0 Å². The van der Waals surface area contributed by atoms with Crippen molar-refractivity contribution in [2.75, 3.05) is 12.3 Å². The lowest BCUT2D eigenvalue weighted by Crippen LogP contribution is -2.30. The van der Waals surface area contributed by atoms with E-state index in [2.05, 4.69) is 5.32 Å². The first-order valence-corrected chi connectivity index (χ1v) is 7.85. The normalized spacial score (nSPS) is 15.7. The number of halogens is 1. The maximum atomic E-state index is 13.3. The second-order valence-corrected chi connectivity index (χ2v) is 6.06. The van der Waals surface area contributed by atoms with Gasteiger partial charge in [-0.25, -0.2) is 4.39 Å². The van der Waals surface area contributed by atoms with Crippen LogP contribution >= 0.6 is 0 Å². The summed E-state index contributed by atoms with van der Waals surface area (Å²) in [5.41, 5.74) is 5.24. The first-order chi connectivity index (χ1) is 11.0. The molecule has 6 heteroatoms. The van der Waals surface area contributed by atoms with E-state index in [1.807, 2.05) is 0 Å². The van der Waals surface area contributed by atoms with E-state index in [0.29, 0.717) is 12.5 Å². The smallest absolute Gasteiger partial charge is 0.287 e. The number of nitrogen functional groups attached to an aromatic ring is 1. The van der Waals surface area contributed by atoms with Gasteiger partial charge < -0.3 is 15.5 Å². The van der Waals surface area contributed by atoms with Gasteiger partial charge >= 0.3 is 0 Å². The van der Waals surface area contributed by atoms with Crippen molar-refractivity contribution in [2.45, 2.75) is 32.1 Å². The Morgan fingerprint density at radius 1 is 1.26 bits per heavy atom. The molecule has 0 saturated heterocycles. The van der Waals surface area contributed by atoms with Crippen molar-refractivity contribution >= 4 is 22.6 Å². The van der Waals surface area contributed by atoms with Crippen molar-refractivity contribution in [2.24, 2.45) is 5.92 Å². The topological polar surface area (TPSA) is 85.3 Å². The fraction of sp³-hybridized carbons (Fsp3) is 0.412. The number of rotatable bonds is 3. The van der Waals surface area contributed by atoms with Gasteiger partial charge in [0.1, 0.15) is 5.82 Å². The molecule has 23 heavy (non-hydrogen) atoms. The molecular formula is C17H19FN2O3. The van der Waals surface area contributed by atoms with E-state index in [9.17, 15) is 14.0 Å². The van der Waals surface area contributed by atoms with Gasteiger partial charge in [-0.1, -0.05) is 19.3 Å². The Morgan fingerprint density at radius 3 is 2.74 bits per heavy atom. The van der Waals surface area contributed by atoms with Gasteiger partial charge in [0.2, 0.25) is 0 Å². The molecule has 0 atom stereocenters. The summed E-state index contributed by atoms with van der Waals surface area (Å²) in [6, 6.07) is 3.20. The summed E-state index contributed by atoms with van der Waals surface area (Å²) < 4.78 is 18.7. The van der Waals surface area contributed by atoms with Gasteiger partial charge in [0.15, 0.2) is 16.8 Å². The third kappa shape index (κ3) is 3.36. The Morgan fingerprint density at radius 2 is 2.00 bits per heavy atom. The SMILES string of the molecule is Nc1cc(F)cc2c(=O)cc(C(=O)NCC3CCCCC3)oc12. The number of amides is 1. The molecule has 0 aliphatic heterocycles. The number of nitrogens with one attached hydrogen (secondary N) is 1. The van der Waals surface area contributed by atoms with Crippen LogP contribution in [-0.2, 0) is 0 Å². The Balaban J connectivity index is 1.82. The standard InChI is InChI=1S/C17H19FN2O3/c18-11-6-12-14(21)8-15(23-16(12)13(19)7-11)17(22)20-9-10-4-2-1-3-5-10/h6-8,10H,1-5,9,19H2,(H,20,22). The highest BCUT2D eigenvalue weighted by atomic mass is 19.1. The van der Waals surface area contributed by atoms with Crippen molar-refractivity contribution in [1.29, 1.82) is 0 Å². The number of nitrogens with two attached hydrogens (primary N) is 1. The van der Waals surface area contributed by atoms with Crippen LogP contribution in [-0.4, -0.2) is 12.5 Å². The zero-order chi connectivity index (χ0) is 16.4. The lowest BCUT2D eigenvalue weighted by atomic mass is 9.89. The van der Waals surface area contributed by atoms with E-state index >= 15 is 0 Å². The van der Waals surface area contributed by atoms with Crippen LogP contribution in [0.15, 0.2) is 27.4 Å². The van der Waals surface area contributed by atoms with Crippen molar-refractivity contribution in [3.63, 3.8) is 0 Å². The van der Waals surface area contributed by atoms with E-state index < -0.39 is 17.2 Å². The first-order valence-electron chi connectivity index (χ1n) is 7.85. The summed E-state index contributed by atoms with van der Waals surface area (Å²) in [5.74, 6) is -0.689. The molecule has 0 unspecified atom stereocenters. The van der Waals surface area contributed by atoms with Crippen molar-refractivity contribution < 1.29 is 13.6 Å². The molecule has 0 bridgehead atoms. The molecule has 3 N–H and O–H groups in total. The number of carbonyl (C=O) groups excluding carboxylic acids is 1. The van der Waals surface area contributed by atoms with Crippen LogP contribution in [0.5, 0.6) is 0 Å². The predicted octanol–water partition coefficient (Wildman–Crippen LogP) is 2.82. The molecule has 1 fully saturated rings. The first kappa shape index (κ1) is 15.5. The van der Waals surface area contributed by atoms with Crippen LogP contribution in [0.1, 0.15) is 42.7 Å². The largest absolute Gasteiger partial charge is 0.448 e. The number of hydrogen-bond acceptors (Lipinski definition) is 4. The summed E-state index contributed by atoms with van der Waals surface area (Å²) in [4.78, 5) is 24.3. The third-order valence-electron chi connectivity index (χ3n) is 4.32. The molecule has 1 aliphatic rings. The summed E-state index contributed by atoms with van der Waals surface area (Å²) in [7, 11) is 0. The Labute approximate surface area is 132 Å². The maximum Gasteiger partial charge on any atom is 0.287 e. The minimum atomic E-state index is -0.614.